The number of hydrogen-bond acceptors (Lipinski definition) is 4. The van der Waals surface area contributed by atoms with Gasteiger partial charge in [-0.3, -0.25) is 4.79 Å². The lowest BCUT2D eigenvalue weighted by molar-refractivity contribution is -0.123. The van der Waals surface area contributed by atoms with Crippen LogP contribution in [0.25, 0.3) is 0 Å². The second-order valence-corrected chi connectivity index (χ2v) is 4.82. The predicted molar refractivity (Wildman–Crippen MR) is 73.0 cm³/mol. The lowest BCUT2D eigenvalue weighted by atomic mass is 10.1. The van der Waals surface area contributed by atoms with Crippen LogP contribution >= 0.6 is 11.6 Å². The van der Waals surface area contributed by atoms with Crippen molar-refractivity contribution >= 4 is 23.3 Å². The summed E-state index contributed by atoms with van der Waals surface area (Å²) in [5.41, 5.74) is 1.91. The number of halogens is 1. The number of carbonyl (C=O) groups is 1. The predicted octanol–water partition coefficient (Wildman–Crippen LogP) is 1.57. The summed E-state index contributed by atoms with van der Waals surface area (Å²) in [5, 5.41) is 11.0. The maximum absolute atomic E-state index is 11.5. The largest absolute Gasteiger partial charge is 0.359 e. The smallest absolute Gasteiger partial charge is 0.224 e. The number of hydrogen-bond donors (Lipinski definition) is 1. The van der Waals surface area contributed by atoms with E-state index in [0.717, 1.165) is 16.9 Å². The van der Waals surface area contributed by atoms with Crippen molar-refractivity contribution in [1.29, 1.82) is 0 Å². The average molecular weight is 271 g/mol. The third kappa shape index (κ3) is 3.10. The Morgan fingerprint density at radius 2 is 2.00 bits per heavy atom. The molecule has 5 nitrogen and oxygen atoms in total. The Bertz CT molecular complexity index is 450. The summed E-state index contributed by atoms with van der Waals surface area (Å²) in [6.45, 7) is 6.31. The second-order valence-electron chi connectivity index (χ2n) is 4.46. The summed E-state index contributed by atoms with van der Waals surface area (Å²) in [4.78, 5) is 13.4. The molecule has 1 aromatic rings. The van der Waals surface area contributed by atoms with Crippen LogP contribution in [0, 0.1) is 19.8 Å². The first-order valence-electron chi connectivity index (χ1n) is 5.80. The van der Waals surface area contributed by atoms with Gasteiger partial charge < -0.3 is 10.2 Å². The normalized spacial score (nSPS) is 12.1. The van der Waals surface area contributed by atoms with E-state index in [2.05, 4.69) is 15.5 Å². The highest BCUT2D eigenvalue weighted by Gasteiger charge is 2.17. The summed E-state index contributed by atoms with van der Waals surface area (Å²) >= 11 is 5.91. The Kier molecular flexibility index (Phi) is 4.90. The molecule has 1 atom stereocenters. The molecule has 6 heteroatoms. The summed E-state index contributed by atoms with van der Waals surface area (Å²) in [6.07, 6.45) is 0. The van der Waals surface area contributed by atoms with Crippen molar-refractivity contribution in [3.8, 4) is 0 Å². The summed E-state index contributed by atoms with van der Waals surface area (Å²) < 4.78 is 0. The van der Waals surface area contributed by atoms with Crippen molar-refractivity contribution in [3.05, 3.63) is 16.3 Å². The van der Waals surface area contributed by atoms with Gasteiger partial charge in [-0.25, -0.2) is 0 Å². The number of carbonyl (C=O) groups excluding carboxylic acids is 1. The van der Waals surface area contributed by atoms with Gasteiger partial charge in [0.05, 0.1) is 5.92 Å². The van der Waals surface area contributed by atoms with Crippen LogP contribution in [-0.4, -0.2) is 36.7 Å². The molecule has 0 aliphatic rings. The topological polar surface area (TPSA) is 58.1 Å². The van der Waals surface area contributed by atoms with E-state index in [4.69, 9.17) is 11.6 Å². The zero-order valence-electron chi connectivity index (χ0n) is 11.4. The van der Waals surface area contributed by atoms with Gasteiger partial charge in [-0.1, -0.05) is 18.5 Å². The third-order valence-electron chi connectivity index (χ3n) is 3.04. The van der Waals surface area contributed by atoms with Crippen molar-refractivity contribution < 1.29 is 4.79 Å². The highest BCUT2D eigenvalue weighted by molar-refractivity contribution is 6.30. The molecule has 1 amide bonds. The molecule has 1 aromatic heterocycles. The molecule has 100 valence electrons. The molecule has 0 bridgehead atoms. The highest BCUT2D eigenvalue weighted by Crippen LogP contribution is 2.23. The molecule has 0 aliphatic carbocycles. The van der Waals surface area contributed by atoms with Crippen molar-refractivity contribution in [2.75, 3.05) is 25.5 Å². The molecule has 0 aromatic carbocycles. The van der Waals surface area contributed by atoms with Crippen LogP contribution in [0.2, 0.25) is 5.15 Å². The molecule has 0 spiro atoms. The fourth-order valence-electron chi connectivity index (χ4n) is 1.75. The van der Waals surface area contributed by atoms with Crippen molar-refractivity contribution in [1.82, 2.24) is 15.5 Å². The number of amides is 1. The molecule has 0 radical (unpaired) electrons. The molecule has 0 saturated carbocycles. The van der Waals surface area contributed by atoms with Gasteiger partial charge in [0.1, 0.15) is 0 Å². The zero-order valence-corrected chi connectivity index (χ0v) is 12.2. The van der Waals surface area contributed by atoms with E-state index < -0.39 is 0 Å². The highest BCUT2D eigenvalue weighted by atomic mass is 35.5. The fraction of sp³-hybridized carbons (Fsp3) is 0.583. The fourth-order valence-corrected chi connectivity index (χ4v) is 1.93. The van der Waals surface area contributed by atoms with Crippen LogP contribution in [0.4, 0.5) is 5.82 Å². The summed E-state index contributed by atoms with van der Waals surface area (Å²) in [7, 11) is 3.53. The van der Waals surface area contributed by atoms with Gasteiger partial charge in [0.15, 0.2) is 11.0 Å². The van der Waals surface area contributed by atoms with Gasteiger partial charge >= 0.3 is 0 Å². The molecule has 0 fully saturated rings. The standard InChI is InChI=1S/C12H19ClN4O/c1-7(12(18)14-4)6-17(5)11-9(3)8(2)10(13)15-16-11/h7H,6H2,1-5H3,(H,14,18). The molecule has 0 aliphatic heterocycles. The zero-order chi connectivity index (χ0) is 13.9. The molecular weight excluding hydrogens is 252 g/mol. The Morgan fingerprint density at radius 1 is 1.39 bits per heavy atom. The van der Waals surface area contributed by atoms with Gasteiger partial charge in [-0.2, -0.15) is 0 Å². The monoisotopic (exact) mass is 270 g/mol. The van der Waals surface area contributed by atoms with E-state index in [-0.39, 0.29) is 11.8 Å². The van der Waals surface area contributed by atoms with Gasteiger partial charge in [-0.05, 0) is 25.0 Å². The lowest BCUT2D eigenvalue weighted by Crippen LogP contribution is -2.35. The first-order valence-corrected chi connectivity index (χ1v) is 6.18. The third-order valence-corrected chi connectivity index (χ3v) is 3.40. The minimum absolute atomic E-state index is 0.0122. The van der Waals surface area contributed by atoms with E-state index in [1.807, 2.05) is 32.7 Å². The SMILES string of the molecule is CNC(=O)C(C)CN(C)c1nnc(Cl)c(C)c1C. The van der Waals surface area contributed by atoms with E-state index >= 15 is 0 Å². The second kappa shape index (κ2) is 6.00. The van der Waals surface area contributed by atoms with Crippen LogP contribution in [-0.2, 0) is 4.79 Å². The first-order chi connectivity index (χ1) is 8.38. The van der Waals surface area contributed by atoms with Gasteiger partial charge in [0.25, 0.3) is 0 Å². The first kappa shape index (κ1) is 14.7. The molecule has 18 heavy (non-hydrogen) atoms. The van der Waals surface area contributed by atoms with Crippen LogP contribution in [0.3, 0.4) is 0 Å². The quantitative estimate of drug-likeness (QED) is 0.902. The molecular formula is C12H19ClN4O. The van der Waals surface area contributed by atoms with Crippen LogP contribution in [0.5, 0.6) is 0 Å². The average Bonchev–Trinajstić information content (AvgIpc) is 2.34. The molecule has 1 heterocycles. The Balaban J connectivity index is 2.88. The Labute approximate surface area is 113 Å². The van der Waals surface area contributed by atoms with Crippen LogP contribution < -0.4 is 10.2 Å². The Morgan fingerprint density at radius 3 is 2.56 bits per heavy atom. The van der Waals surface area contributed by atoms with Gasteiger partial charge in [-0.15, -0.1) is 10.2 Å². The maximum atomic E-state index is 11.5. The minimum Gasteiger partial charge on any atom is -0.359 e. The van der Waals surface area contributed by atoms with Crippen molar-refractivity contribution in [2.24, 2.45) is 5.92 Å². The van der Waals surface area contributed by atoms with Crippen LogP contribution in [0.1, 0.15) is 18.1 Å². The number of rotatable bonds is 4. The minimum atomic E-state index is -0.114. The van der Waals surface area contributed by atoms with E-state index in [1.165, 1.54) is 0 Å². The maximum Gasteiger partial charge on any atom is 0.224 e. The molecule has 1 N–H and O–H groups in total. The van der Waals surface area contributed by atoms with E-state index in [9.17, 15) is 4.79 Å². The lowest BCUT2D eigenvalue weighted by Gasteiger charge is -2.23. The van der Waals surface area contributed by atoms with Crippen molar-refractivity contribution in [2.45, 2.75) is 20.8 Å². The van der Waals surface area contributed by atoms with Crippen LogP contribution in [0.15, 0.2) is 0 Å². The summed E-state index contributed by atoms with van der Waals surface area (Å²) in [6, 6.07) is 0. The van der Waals surface area contributed by atoms with Crippen molar-refractivity contribution in [3.63, 3.8) is 0 Å². The molecule has 1 rings (SSSR count). The molecule has 1 unspecified atom stereocenters. The van der Waals surface area contributed by atoms with Gasteiger partial charge in [0.2, 0.25) is 5.91 Å². The summed E-state index contributed by atoms with van der Waals surface area (Å²) in [5.74, 6) is 0.656. The Hall–Kier alpha value is -1.36. The molecule has 0 saturated heterocycles. The number of aromatic nitrogens is 2. The number of nitrogens with one attached hydrogen (secondary N) is 1. The van der Waals surface area contributed by atoms with E-state index in [0.29, 0.717) is 11.7 Å². The number of nitrogens with zero attached hydrogens (tertiary/aromatic N) is 3. The van der Waals surface area contributed by atoms with Gasteiger partial charge in [0, 0.05) is 20.6 Å². The number of anilines is 1. The van der Waals surface area contributed by atoms with E-state index in [1.54, 1.807) is 7.05 Å².